The number of nitrogens with zero attached hydrogens (tertiary/aromatic N) is 2. The Morgan fingerprint density at radius 2 is 1.84 bits per heavy atom. The first-order chi connectivity index (χ1) is 9.38. The van der Waals surface area contributed by atoms with Gasteiger partial charge in [0.2, 0.25) is 5.90 Å². The number of pyridine rings is 1. The molecule has 2 atom stereocenters. The minimum atomic E-state index is -0.278. The minimum absolute atomic E-state index is 0.0457. The van der Waals surface area contributed by atoms with Crippen LogP contribution in [0.1, 0.15) is 17.4 Å². The number of aliphatic imine (C=N–C) groups is 1. The zero-order chi connectivity index (χ0) is 13.1. The molecule has 1 N–H and O–H groups in total. The number of rotatable bonds is 3. The van der Waals surface area contributed by atoms with E-state index in [0.29, 0.717) is 11.6 Å². The molecule has 0 unspecified atom stereocenters. The van der Waals surface area contributed by atoms with Crippen LogP contribution in [0.3, 0.4) is 0 Å². The molecule has 0 radical (unpaired) electrons. The summed E-state index contributed by atoms with van der Waals surface area (Å²) in [5.74, 6) is 0.494. The van der Waals surface area contributed by atoms with E-state index in [4.69, 9.17) is 4.74 Å². The zero-order valence-electron chi connectivity index (χ0n) is 10.3. The lowest BCUT2D eigenvalue weighted by atomic mass is 10.0. The molecular weight excluding hydrogens is 240 g/mol. The first kappa shape index (κ1) is 11.9. The van der Waals surface area contributed by atoms with Gasteiger partial charge >= 0.3 is 0 Å². The van der Waals surface area contributed by atoms with Gasteiger partial charge in [0.25, 0.3) is 0 Å². The Morgan fingerprint density at radius 1 is 1.05 bits per heavy atom. The quantitative estimate of drug-likeness (QED) is 0.911. The third-order valence-corrected chi connectivity index (χ3v) is 3.07. The van der Waals surface area contributed by atoms with Crippen molar-refractivity contribution in [1.82, 2.24) is 4.98 Å². The van der Waals surface area contributed by atoms with Gasteiger partial charge in [-0.25, -0.2) is 4.99 Å². The van der Waals surface area contributed by atoms with E-state index in [1.165, 1.54) is 0 Å². The number of hydrogen-bond acceptors (Lipinski definition) is 4. The summed E-state index contributed by atoms with van der Waals surface area (Å²) in [5.41, 5.74) is 1.70. The van der Waals surface area contributed by atoms with Crippen LogP contribution in [0, 0.1) is 0 Å². The third-order valence-electron chi connectivity index (χ3n) is 3.07. The highest BCUT2D eigenvalue weighted by atomic mass is 16.5. The molecule has 19 heavy (non-hydrogen) atoms. The molecule has 96 valence electrons. The normalized spacial score (nSPS) is 21.8. The number of ether oxygens (including phenoxy) is 1. The Hall–Kier alpha value is -2.20. The van der Waals surface area contributed by atoms with E-state index >= 15 is 0 Å². The topological polar surface area (TPSA) is 54.7 Å². The Labute approximate surface area is 111 Å². The van der Waals surface area contributed by atoms with Gasteiger partial charge in [0.15, 0.2) is 6.10 Å². The molecule has 1 aliphatic heterocycles. The Kier molecular flexibility index (Phi) is 3.25. The third kappa shape index (κ3) is 2.35. The molecule has 2 heterocycles. The maximum absolute atomic E-state index is 9.45. The lowest BCUT2D eigenvalue weighted by Gasteiger charge is -2.16. The van der Waals surface area contributed by atoms with E-state index in [2.05, 4.69) is 9.98 Å². The van der Waals surface area contributed by atoms with Crippen LogP contribution in [-0.4, -0.2) is 28.6 Å². The summed E-state index contributed by atoms with van der Waals surface area (Å²) in [5, 5.41) is 9.45. The molecule has 0 aliphatic carbocycles. The summed E-state index contributed by atoms with van der Waals surface area (Å²) in [6, 6.07) is 15.1. The summed E-state index contributed by atoms with van der Waals surface area (Å²) < 4.78 is 5.86. The predicted molar refractivity (Wildman–Crippen MR) is 71.9 cm³/mol. The molecular formula is C15H14N2O2. The summed E-state index contributed by atoms with van der Waals surface area (Å²) in [4.78, 5) is 8.64. The number of aliphatic hydroxyl groups excluding tert-OH is 1. The van der Waals surface area contributed by atoms with Crippen LogP contribution in [0.25, 0.3) is 0 Å². The molecule has 0 saturated heterocycles. The Balaban J connectivity index is 1.88. The van der Waals surface area contributed by atoms with Crippen molar-refractivity contribution >= 4 is 5.90 Å². The molecule has 0 amide bonds. The standard InChI is InChI=1S/C15H14N2O2/c18-10-13-14(11-6-2-1-3-7-11)19-15(17-13)12-8-4-5-9-16-12/h1-9,13-14,18H,10H2/t13-,14+/m0/s1. The second kappa shape index (κ2) is 5.20. The fourth-order valence-electron chi connectivity index (χ4n) is 2.13. The molecule has 1 aromatic carbocycles. The van der Waals surface area contributed by atoms with Gasteiger partial charge in [-0.05, 0) is 17.7 Å². The molecule has 2 aromatic rings. The maximum Gasteiger partial charge on any atom is 0.236 e. The smallest absolute Gasteiger partial charge is 0.236 e. The molecule has 0 spiro atoms. The van der Waals surface area contributed by atoms with Crippen LogP contribution >= 0.6 is 0 Å². The van der Waals surface area contributed by atoms with Gasteiger partial charge in [0.1, 0.15) is 11.7 Å². The van der Waals surface area contributed by atoms with Crippen LogP contribution in [0.4, 0.5) is 0 Å². The summed E-state index contributed by atoms with van der Waals surface area (Å²) >= 11 is 0. The number of aromatic nitrogens is 1. The lowest BCUT2D eigenvalue weighted by Crippen LogP contribution is -2.17. The van der Waals surface area contributed by atoms with Crippen molar-refractivity contribution in [2.24, 2.45) is 4.99 Å². The average Bonchev–Trinajstić information content (AvgIpc) is 2.93. The monoisotopic (exact) mass is 254 g/mol. The second-order valence-corrected chi connectivity index (χ2v) is 4.35. The first-order valence-corrected chi connectivity index (χ1v) is 6.20. The van der Waals surface area contributed by atoms with Gasteiger partial charge in [0.05, 0.1) is 6.61 Å². The first-order valence-electron chi connectivity index (χ1n) is 6.20. The SMILES string of the molecule is OC[C@@H]1N=C(c2ccccn2)O[C@@H]1c1ccccc1. The Bertz CT molecular complexity index is 569. The minimum Gasteiger partial charge on any atom is -0.466 e. The number of aliphatic hydroxyl groups is 1. The van der Waals surface area contributed by atoms with Crippen LogP contribution in [0.2, 0.25) is 0 Å². The number of benzene rings is 1. The highest BCUT2D eigenvalue weighted by Gasteiger charge is 2.32. The van der Waals surface area contributed by atoms with E-state index < -0.39 is 0 Å². The molecule has 3 rings (SSSR count). The predicted octanol–water partition coefficient (Wildman–Crippen LogP) is 1.96. The van der Waals surface area contributed by atoms with Gasteiger partial charge in [-0.3, -0.25) is 4.98 Å². The van der Waals surface area contributed by atoms with Gasteiger partial charge < -0.3 is 9.84 Å². The van der Waals surface area contributed by atoms with Crippen molar-refractivity contribution < 1.29 is 9.84 Å². The van der Waals surface area contributed by atoms with Gasteiger partial charge in [0, 0.05) is 6.20 Å². The second-order valence-electron chi connectivity index (χ2n) is 4.35. The van der Waals surface area contributed by atoms with Gasteiger partial charge in [-0.1, -0.05) is 36.4 Å². The molecule has 0 saturated carbocycles. The van der Waals surface area contributed by atoms with Crippen molar-refractivity contribution in [2.45, 2.75) is 12.1 Å². The van der Waals surface area contributed by atoms with E-state index in [0.717, 1.165) is 5.56 Å². The van der Waals surface area contributed by atoms with Crippen LogP contribution < -0.4 is 0 Å². The van der Waals surface area contributed by atoms with Crippen LogP contribution in [-0.2, 0) is 4.74 Å². The summed E-state index contributed by atoms with van der Waals surface area (Å²) in [6.45, 7) is -0.0457. The molecule has 0 bridgehead atoms. The lowest BCUT2D eigenvalue weighted by molar-refractivity contribution is 0.151. The van der Waals surface area contributed by atoms with Crippen molar-refractivity contribution in [3.63, 3.8) is 0 Å². The van der Waals surface area contributed by atoms with Crippen LogP contribution in [0.15, 0.2) is 59.7 Å². The highest BCUT2D eigenvalue weighted by Crippen LogP contribution is 2.30. The summed E-state index contributed by atoms with van der Waals surface area (Å²) in [7, 11) is 0. The van der Waals surface area contributed by atoms with Crippen molar-refractivity contribution in [3.8, 4) is 0 Å². The van der Waals surface area contributed by atoms with Crippen LogP contribution in [0.5, 0.6) is 0 Å². The van der Waals surface area contributed by atoms with Crippen molar-refractivity contribution in [2.75, 3.05) is 6.61 Å². The van der Waals surface area contributed by atoms with Crippen molar-refractivity contribution in [1.29, 1.82) is 0 Å². The maximum atomic E-state index is 9.45. The van der Waals surface area contributed by atoms with E-state index in [9.17, 15) is 5.11 Å². The van der Waals surface area contributed by atoms with Gasteiger partial charge in [-0.2, -0.15) is 0 Å². The van der Waals surface area contributed by atoms with E-state index in [1.54, 1.807) is 6.20 Å². The Morgan fingerprint density at radius 3 is 2.53 bits per heavy atom. The van der Waals surface area contributed by atoms with Gasteiger partial charge in [-0.15, -0.1) is 0 Å². The molecule has 1 aliphatic rings. The molecule has 4 heteroatoms. The molecule has 4 nitrogen and oxygen atoms in total. The zero-order valence-corrected chi connectivity index (χ0v) is 10.3. The fourth-order valence-corrected chi connectivity index (χ4v) is 2.13. The highest BCUT2D eigenvalue weighted by molar-refractivity contribution is 5.93. The van der Waals surface area contributed by atoms with E-state index in [1.807, 2.05) is 48.5 Å². The average molecular weight is 254 g/mol. The van der Waals surface area contributed by atoms with E-state index in [-0.39, 0.29) is 18.8 Å². The largest absolute Gasteiger partial charge is 0.466 e. The number of hydrogen-bond donors (Lipinski definition) is 1. The summed E-state index contributed by atoms with van der Waals surface area (Å²) in [6.07, 6.45) is 1.45. The fraction of sp³-hybridized carbons (Fsp3) is 0.200. The molecule has 0 fully saturated rings. The van der Waals surface area contributed by atoms with Crippen molar-refractivity contribution in [3.05, 3.63) is 66.0 Å². The molecule has 1 aromatic heterocycles.